The standard InChI is InChI=1S/C18H16FN3O2S/c19-12-3-1-11(2-4-12)14-9-15(14)21-16(23)5-7-22-10-20-17-13(18(22)24)6-8-25-17/h1-4,6,8,10,14-15H,5,7,9H2,(H,21,23)/t14-,15+/m1/s1. The molecule has 25 heavy (non-hydrogen) atoms. The predicted molar refractivity (Wildman–Crippen MR) is 94.2 cm³/mol. The normalized spacial score (nSPS) is 19.1. The predicted octanol–water partition coefficient (Wildman–Crippen LogP) is 2.66. The molecule has 2 heterocycles. The third kappa shape index (κ3) is 3.32. The third-order valence-electron chi connectivity index (χ3n) is 4.47. The Balaban J connectivity index is 1.33. The number of rotatable bonds is 5. The van der Waals surface area contributed by atoms with Gasteiger partial charge in [0.25, 0.3) is 5.56 Å². The number of hydrogen-bond donors (Lipinski definition) is 1. The molecule has 0 saturated heterocycles. The number of halogens is 1. The molecule has 4 rings (SSSR count). The highest BCUT2D eigenvalue weighted by Crippen LogP contribution is 2.40. The summed E-state index contributed by atoms with van der Waals surface area (Å²) in [7, 11) is 0. The van der Waals surface area contributed by atoms with E-state index < -0.39 is 0 Å². The second-order valence-electron chi connectivity index (χ2n) is 6.20. The minimum absolute atomic E-state index is 0.0900. The fourth-order valence-electron chi connectivity index (χ4n) is 2.99. The van der Waals surface area contributed by atoms with Crippen LogP contribution in [-0.2, 0) is 11.3 Å². The molecule has 0 spiro atoms. The van der Waals surface area contributed by atoms with Crippen molar-refractivity contribution in [3.63, 3.8) is 0 Å². The van der Waals surface area contributed by atoms with Gasteiger partial charge in [-0.25, -0.2) is 9.37 Å². The van der Waals surface area contributed by atoms with Crippen molar-refractivity contribution in [1.82, 2.24) is 14.9 Å². The zero-order valence-electron chi connectivity index (χ0n) is 13.3. The molecule has 0 bridgehead atoms. The van der Waals surface area contributed by atoms with Crippen LogP contribution in [0.15, 0.2) is 46.8 Å². The first-order chi connectivity index (χ1) is 12.1. The molecule has 128 valence electrons. The molecule has 7 heteroatoms. The number of thiophene rings is 1. The van der Waals surface area contributed by atoms with Crippen LogP contribution < -0.4 is 10.9 Å². The van der Waals surface area contributed by atoms with Gasteiger partial charge in [-0.1, -0.05) is 12.1 Å². The molecule has 2 aromatic heterocycles. The van der Waals surface area contributed by atoms with Gasteiger partial charge < -0.3 is 5.32 Å². The van der Waals surface area contributed by atoms with Crippen LogP contribution in [0.2, 0.25) is 0 Å². The van der Waals surface area contributed by atoms with E-state index >= 15 is 0 Å². The van der Waals surface area contributed by atoms with E-state index in [9.17, 15) is 14.0 Å². The van der Waals surface area contributed by atoms with E-state index in [-0.39, 0.29) is 35.7 Å². The lowest BCUT2D eigenvalue weighted by Crippen LogP contribution is -2.29. The van der Waals surface area contributed by atoms with Gasteiger partial charge in [-0.05, 0) is 35.6 Å². The number of fused-ring (bicyclic) bond motifs is 1. The first kappa shape index (κ1) is 16.0. The summed E-state index contributed by atoms with van der Waals surface area (Å²) in [5, 5.41) is 5.39. The summed E-state index contributed by atoms with van der Waals surface area (Å²) in [5.41, 5.74) is 0.921. The maximum Gasteiger partial charge on any atom is 0.262 e. The van der Waals surface area contributed by atoms with Crippen LogP contribution >= 0.6 is 11.3 Å². The van der Waals surface area contributed by atoms with Crippen molar-refractivity contribution in [1.29, 1.82) is 0 Å². The van der Waals surface area contributed by atoms with Crippen LogP contribution in [0.25, 0.3) is 10.2 Å². The molecule has 1 aliphatic rings. The van der Waals surface area contributed by atoms with Gasteiger partial charge in [0.05, 0.1) is 11.7 Å². The van der Waals surface area contributed by atoms with E-state index in [1.165, 1.54) is 34.4 Å². The quantitative estimate of drug-likeness (QED) is 0.764. The van der Waals surface area contributed by atoms with Crippen molar-refractivity contribution in [2.75, 3.05) is 0 Å². The number of nitrogens with one attached hydrogen (secondary N) is 1. The highest BCUT2D eigenvalue weighted by atomic mass is 32.1. The monoisotopic (exact) mass is 357 g/mol. The van der Waals surface area contributed by atoms with Crippen LogP contribution in [0.3, 0.4) is 0 Å². The fraction of sp³-hybridized carbons (Fsp3) is 0.278. The highest BCUT2D eigenvalue weighted by molar-refractivity contribution is 7.16. The number of aryl methyl sites for hydroxylation is 1. The van der Waals surface area contributed by atoms with E-state index in [1.807, 2.05) is 5.38 Å². The molecule has 3 aromatic rings. The van der Waals surface area contributed by atoms with Gasteiger partial charge >= 0.3 is 0 Å². The molecule has 1 aromatic carbocycles. The first-order valence-corrected chi connectivity index (χ1v) is 8.97. The van der Waals surface area contributed by atoms with Crippen LogP contribution in [0.4, 0.5) is 4.39 Å². The number of nitrogens with zero attached hydrogens (tertiary/aromatic N) is 2. The topological polar surface area (TPSA) is 64.0 Å². The first-order valence-electron chi connectivity index (χ1n) is 8.09. The largest absolute Gasteiger partial charge is 0.353 e. The molecule has 1 amide bonds. The molecule has 1 saturated carbocycles. The van der Waals surface area contributed by atoms with E-state index in [0.29, 0.717) is 16.8 Å². The molecule has 1 aliphatic carbocycles. The van der Waals surface area contributed by atoms with Gasteiger partial charge in [0.1, 0.15) is 10.6 Å². The van der Waals surface area contributed by atoms with Crippen molar-refractivity contribution >= 4 is 27.5 Å². The lowest BCUT2D eigenvalue weighted by Gasteiger charge is -2.07. The number of carbonyl (C=O) groups excluding carboxylic acids is 1. The Morgan fingerprint density at radius 3 is 2.92 bits per heavy atom. The Kier molecular flexibility index (Phi) is 4.09. The molecular weight excluding hydrogens is 341 g/mol. The maximum absolute atomic E-state index is 12.9. The van der Waals surface area contributed by atoms with E-state index in [0.717, 1.165) is 12.0 Å². The molecule has 1 N–H and O–H groups in total. The van der Waals surface area contributed by atoms with Crippen molar-refractivity contribution in [3.05, 3.63) is 63.8 Å². The number of aromatic nitrogens is 2. The smallest absolute Gasteiger partial charge is 0.262 e. The van der Waals surface area contributed by atoms with E-state index in [4.69, 9.17) is 0 Å². The lowest BCUT2D eigenvalue weighted by atomic mass is 10.1. The summed E-state index contributed by atoms with van der Waals surface area (Å²) in [6, 6.07) is 8.23. The van der Waals surface area contributed by atoms with Crippen LogP contribution in [0.5, 0.6) is 0 Å². The van der Waals surface area contributed by atoms with Crippen molar-refractivity contribution in [3.8, 4) is 0 Å². The lowest BCUT2D eigenvalue weighted by molar-refractivity contribution is -0.121. The average Bonchev–Trinajstić information content (AvgIpc) is 3.18. The number of hydrogen-bond acceptors (Lipinski definition) is 4. The molecule has 2 atom stereocenters. The molecular formula is C18H16FN3O2S. The van der Waals surface area contributed by atoms with Gasteiger partial charge in [0.2, 0.25) is 5.91 Å². The zero-order chi connectivity index (χ0) is 17.4. The highest BCUT2D eigenvalue weighted by Gasteiger charge is 2.39. The Labute approximate surface area is 147 Å². The van der Waals surface area contributed by atoms with Crippen molar-refractivity contribution < 1.29 is 9.18 Å². The Hall–Kier alpha value is -2.54. The summed E-state index contributed by atoms with van der Waals surface area (Å²) in [6.07, 6.45) is 2.58. The minimum atomic E-state index is -0.258. The van der Waals surface area contributed by atoms with Gasteiger partial charge in [-0.2, -0.15) is 0 Å². The SMILES string of the molecule is O=C(CCn1cnc2sccc2c1=O)N[C@H]1C[C@@H]1c1ccc(F)cc1. The molecule has 0 radical (unpaired) electrons. The minimum Gasteiger partial charge on any atom is -0.353 e. The van der Waals surface area contributed by atoms with Crippen LogP contribution in [-0.4, -0.2) is 21.5 Å². The summed E-state index contributed by atoms with van der Waals surface area (Å²) in [5.74, 6) is -0.102. The fourth-order valence-corrected chi connectivity index (χ4v) is 3.71. The molecule has 0 aliphatic heterocycles. The van der Waals surface area contributed by atoms with Crippen LogP contribution in [0.1, 0.15) is 24.3 Å². The summed E-state index contributed by atoms with van der Waals surface area (Å²) in [6.45, 7) is 0.303. The van der Waals surface area contributed by atoms with E-state index in [1.54, 1.807) is 18.2 Å². The number of benzene rings is 1. The summed E-state index contributed by atoms with van der Waals surface area (Å²) >= 11 is 1.42. The third-order valence-corrected chi connectivity index (χ3v) is 5.29. The van der Waals surface area contributed by atoms with Crippen molar-refractivity contribution in [2.24, 2.45) is 0 Å². The molecule has 1 fully saturated rings. The number of carbonyl (C=O) groups is 1. The summed E-state index contributed by atoms with van der Waals surface area (Å²) in [4.78, 5) is 29.3. The molecule has 0 unspecified atom stereocenters. The van der Waals surface area contributed by atoms with E-state index in [2.05, 4.69) is 10.3 Å². The second-order valence-corrected chi connectivity index (χ2v) is 7.09. The van der Waals surface area contributed by atoms with Crippen LogP contribution in [0, 0.1) is 5.82 Å². The Morgan fingerprint density at radius 1 is 1.32 bits per heavy atom. The maximum atomic E-state index is 12.9. The summed E-state index contributed by atoms with van der Waals surface area (Å²) < 4.78 is 14.4. The van der Waals surface area contributed by atoms with Gasteiger partial charge in [-0.3, -0.25) is 14.2 Å². The number of amides is 1. The van der Waals surface area contributed by atoms with Gasteiger partial charge in [0.15, 0.2) is 0 Å². The average molecular weight is 357 g/mol. The van der Waals surface area contributed by atoms with Gasteiger partial charge in [-0.15, -0.1) is 11.3 Å². The Morgan fingerprint density at radius 2 is 2.12 bits per heavy atom. The zero-order valence-corrected chi connectivity index (χ0v) is 14.1. The van der Waals surface area contributed by atoms with Crippen molar-refractivity contribution in [2.45, 2.75) is 31.3 Å². The second kappa shape index (κ2) is 6.40. The molecule has 5 nitrogen and oxygen atoms in total. The van der Waals surface area contributed by atoms with Gasteiger partial charge in [0, 0.05) is 24.9 Å². The Bertz CT molecular complexity index is 980.